The Morgan fingerprint density at radius 1 is 1.19 bits per heavy atom. The van der Waals surface area contributed by atoms with E-state index in [0.29, 0.717) is 18.2 Å². The van der Waals surface area contributed by atoms with Gasteiger partial charge >= 0.3 is 6.03 Å². The Balaban J connectivity index is 0.00000243. The highest BCUT2D eigenvalue weighted by atomic mass is 35.5. The molecule has 26 heavy (non-hydrogen) atoms. The van der Waals surface area contributed by atoms with Crippen LogP contribution in [0.15, 0.2) is 24.3 Å². The zero-order valence-electron chi connectivity index (χ0n) is 14.9. The number of hydrogen-bond donors (Lipinski definition) is 4. The van der Waals surface area contributed by atoms with Gasteiger partial charge in [-0.05, 0) is 56.1 Å². The molecule has 2 unspecified atom stereocenters. The molecule has 2 fully saturated rings. The maximum absolute atomic E-state index is 12.2. The van der Waals surface area contributed by atoms with Crippen LogP contribution in [0.3, 0.4) is 0 Å². The van der Waals surface area contributed by atoms with Crippen molar-refractivity contribution in [3.63, 3.8) is 0 Å². The fourth-order valence-corrected chi connectivity index (χ4v) is 2.96. The third-order valence-electron chi connectivity index (χ3n) is 4.86. The lowest BCUT2D eigenvalue weighted by atomic mass is 9.88. The van der Waals surface area contributed by atoms with Crippen molar-refractivity contribution in [3.05, 3.63) is 24.3 Å². The molecule has 1 aromatic rings. The summed E-state index contributed by atoms with van der Waals surface area (Å²) in [6.07, 6.45) is 2.16. The van der Waals surface area contributed by atoms with Crippen LogP contribution in [-0.4, -0.2) is 44.3 Å². The van der Waals surface area contributed by atoms with Crippen LogP contribution in [0.4, 0.5) is 16.2 Å². The first-order valence-electron chi connectivity index (χ1n) is 8.90. The molecule has 0 aliphatic carbocycles. The van der Waals surface area contributed by atoms with Crippen molar-refractivity contribution in [2.24, 2.45) is 11.8 Å². The van der Waals surface area contributed by atoms with Crippen LogP contribution in [0.1, 0.15) is 19.8 Å². The van der Waals surface area contributed by atoms with Crippen molar-refractivity contribution in [2.75, 3.05) is 36.9 Å². The lowest BCUT2D eigenvalue weighted by Gasteiger charge is -2.31. The minimum Gasteiger partial charge on any atom is -0.376 e. The second kappa shape index (κ2) is 9.75. The highest BCUT2D eigenvalue weighted by molar-refractivity contribution is 5.93. The van der Waals surface area contributed by atoms with E-state index >= 15 is 0 Å². The van der Waals surface area contributed by atoms with Gasteiger partial charge in [0.15, 0.2) is 0 Å². The van der Waals surface area contributed by atoms with E-state index < -0.39 is 0 Å². The zero-order chi connectivity index (χ0) is 17.6. The first-order chi connectivity index (χ1) is 12.1. The summed E-state index contributed by atoms with van der Waals surface area (Å²) in [7, 11) is 0. The van der Waals surface area contributed by atoms with Crippen LogP contribution in [0.5, 0.6) is 0 Å². The summed E-state index contributed by atoms with van der Waals surface area (Å²) >= 11 is 0. The zero-order valence-corrected chi connectivity index (χ0v) is 15.7. The molecule has 0 spiro atoms. The van der Waals surface area contributed by atoms with Crippen molar-refractivity contribution in [2.45, 2.75) is 25.9 Å². The van der Waals surface area contributed by atoms with Crippen LogP contribution in [0, 0.1) is 11.8 Å². The number of urea groups is 1. The normalized spacial score (nSPS) is 20.4. The minimum absolute atomic E-state index is 0. The van der Waals surface area contributed by atoms with E-state index in [4.69, 9.17) is 4.74 Å². The topological polar surface area (TPSA) is 91.5 Å². The van der Waals surface area contributed by atoms with Crippen molar-refractivity contribution in [1.29, 1.82) is 0 Å². The van der Waals surface area contributed by atoms with Gasteiger partial charge in [-0.25, -0.2) is 4.79 Å². The van der Waals surface area contributed by atoms with Gasteiger partial charge in [0.1, 0.15) is 0 Å². The largest absolute Gasteiger partial charge is 0.376 e. The van der Waals surface area contributed by atoms with Gasteiger partial charge in [0.2, 0.25) is 5.91 Å². The van der Waals surface area contributed by atoms with Gasteiger partial charge in [-0.2, -0.15) is 0 Å². The average Bonchev–Trinajstić information content (AvgIpc) is 3.06. The summed E-state index contributed by atoms with van der Waals surface area (Å²) in [5, 5.41) is 11.7. The number of carbonyl (C=O) groups is 2. The monoisotopic (exact) mass is 382 g/mol. The van der Waals surface area contributed by atoms with Crippen LogP contribution < -0.4 is 21.3 Å². The second-order valence-corrected chi connectivity index (χ2v) is 6.74. The van der Waals surface area contributed by atoms with Crippen molar-refractivity contribution < 1.29 is 14.3 Å². The van der Waals surface area contributed by atoms with Crippen molar-refractivity contribution >= 4 is 35.7 Å². The predicted molar refractivity (Wildman–Crippen MR) is 104 cm³/mol. The van der Waals surface area contributed by atoms with Gasteiger partial charge in [-0.15, -0.1) is 12.4 Å². The maximum Gasteiger partial charge on any atom is 0.319 e. The molecule has 0 aromatic heterocycles. The molecular weight excluding hydrogens is 356 g/mol. The van der Waals surface area contributed by atoms with E-state index in [1.165, 1.54) is 0 Å². The second-order valence-electron chi connectivity index (χ2n) is 6.74. The fraction of sp³-hybridized carbons (Fsp3) is 0.556. The Morgan fingerprint density at radius 3 is 2.38 bits per heavy atom. The Kier molecular flexibility index (Phi) is 7.68. The average molecular weight is 383 g/mol. The van der Waals surface area contributed by atoms with Gasteiger partial charge < -0.3 is 26.0 Å². The van der Waals surface area contributed by atoms with E-state index in [1.807, 2.05) is 6.92 Å². The first-order valence-corrected chi connectivity index (χ1v) is 8.90. The van der Waals surface area contributed by atoms with Gasteiger partial charge in [-0.3, -0.25) is 4.79 Å². The molecule has 3 rings (SSSR count). The summed E-state index contributed by atoms with van der Waals surface area (Å²) in [6.45, 7) is 5.05. The van der Waals surface area contributed by atoms with E-state index in [0.717, 1.165) is 38.2 Å². The molecule has 144 valence electrons. The lowest BCUT2D eigenvalue weighted by Crippen LogP contribution is -2.48. The summed E-state index contributed by atoms with van der Waals surface area (Å²) in [6, 6.07) is 6.88. The molecule has 0 radical (unpaired) electrons. The van der Waals surface area contributed by atoms with Crippen LogP contribution in [0.2, 0.25) is 0 Å². The molecule has 1 aromatic carbocycles. The quantitative estimate of drug-likeness (QED) is 0.607. The molecule has 3 amide bonds. The summed E-state index contributed by atoms with van der Waals surface area (Å²) < 4.78 is 5.47. The molecule has 2 aliphatic heterocycles. The molecular formula is C18H27ClN4O3. The Bertz CT molecular complexity index is 601. The Hall–Kier alpha value is -1.83. The van der Waals surface area contributed by atoms with E-state index in [9.17, 15) is 9.59 Å². The summed E-state index contributed by atoms with van der Waals surface area (Å²) in [5.74, 6) is 0.428. The number of hydrogen-bond acceptors (Lipinski definition) is 4. The standard InChI is InChI=1S/C18H26N4O3.ClH/c1-12(13-9-19-10-13)17(23)21-14-4-6-15(7-5-14)22-18(24)20-11-16-3-2-8-25-16;/h4-7,12-13,16,19H,2-3,8-11H2,1H3,(H,21,23)(H2,20,22,24);1H. The van der Waals surface area contributed by atoms with Gasteiger partial charge in [0.05, 0.1) is 6.10 Å². The Morgan fingerprint density at radius 2 is 1.85 bits per heavy atom. The van der Waals surface area contributed by atoms with Crippen molar-refractivity contribution in [1.82, 2.24) is 10.6 Å². The van der Waals surface area contributed by atoms with Gasteiger partial charge in [0.25, 0.3) is 0 Å². The van der Waals surface area contributed by atoms with E-state index in [2.05, 4.69) is 21.3 Å². The molecule has 0 saturated carbocycles. The molecule has 2 aliphatic rings. The van der Waals surface area contributed by atoms with E-state index in [1.54, 1.807) is 24.3 Å². The maximum atomic E-state index is 12.2. The van der Waals surface area contributed by atoms with Crippen LogP contribution >= 0.6 is 12.4 Å². The Labute approximate surface area is 160 Å². The van der Waals surface area contributed by atoms with Gasteiger partial charge in [0, 0.05) is 30.4 Å². The number of halogens is 1. The molecule has 4 N–H and O–H groups in total. The lowest BCUT2D eigenvalue weighted by molar-refractivity contribution is -0.121. The van der Waals surface area contributed by atoms with E-state index in [-0.39, 0.29) is 36.4 Å². The molecule has 8 heteroatoms. The fourth-order valence-electron chi connectivity index (χ4n) is 2.96. The number of benzene rings is 1. The molecule has 2 saturated heterocycles. The predicted octanol–water partition coefficient (Wildman–Crippen LogP) is 2.20. The number of amides is 3. The third-order valence-corrected chi connectivity index (χ3v) is 4.86. The number of nitrogens with one attached hydrogen (secondary N) is 4. The number of carbonyl (C=O) groups excluding carboxylic acids is 2. The molecule has 7 nitrogen and oxygen atoms in total. The highest BCUT2D eigenvalue weighted by Crippen LogP contribution is 2.19. The summed E-state index contributed by atoms with van der Waals surface area (Å²) in [4.78, 5) is 24.1. The van der Waals surface area contributed by atoms with Gasteiger partial charge in [-0.1, -0.05) is 6.92 Å². The summed E-state index contributed by atoms with van der Waals surface area (Å²) in [5.41, 5.74) is 1.41. The first kappa shape index (κ1) is 20.5. The number of rotatable bonds is 6. The molecule has 2 atom stereocenters. The highest BCUT2D eigenvalue weighted by Gasteiger charge is 2.28. The third kappa shape index (κ3) is 5.59. The SMILES string of the molecule is CC(C(=O)Nc1ccc(NC(=O)NCC2CCCO2)cc1)C1CNC1.Cl. The number of ether oxygens (including phenoxy) is 1. The minimum atomic E-state index is -0.251. The van der Waals surface area contributed by atoms with Crippen LogP contribution in [-0.2, 0) is 9.53 Å². The van der Waals surface area contributed by atoms with Crippen LogP contribution in [0.25, 0.3) is 0 Å². The molecule has 0 bridgehead atoms. The molecule has 2 heterocycles. The smallest absolute Gasteiger partial charge is 0.319 e. The van der Waals surface area contributed by atoms with Crippen molar-refractivity contribution in [3.8, 4) is 0 Å². The number of anilines is 2.